The van der Waals surface area contributed by atoms with Crippen LogP contribution in [0.25, 0.3) is 0 Å². The van der Waals surface area contributed by atoms with Gasteiger partial charge in [-0.05, 0) is 49.2 Å². The number of nitrogens with one attached hydrogen (secondary N) is 1. The lowest BCUT2D eigenvalue weighted by Gasteiger charge is -2.37. The van der Waals surface area contributed by atoms with E-state index in [9.17, 15) is 13.2 Å². The molecule has 0 radical (unpaired) electrons. The molecule has 3 heterocycles. The molecule has 0 aliphatic carbocycles. The number of nitrogens with zero attached hydrogens (tertiary/aromatic N) is 3. The molecule has 0 bridgehead atoms. The molecule has 9 heteroatoms. The number of fused-ring (bicyclic) bond motifs is 1. The molecule has 2 aromatic carbocycles. The first-order chi connectivity index (χ1) is 15.8. The quantitative estimate of drug-likeness (QED) is 0.722. The van der Waals surface area contributed by atoms with Crippen molar-refractivity contribution >= 4 is 44.0 Å². The molecule has 33 heavy (non-hydrogen) atoms. The Morgan fingerprint density at radius 3 is 2.61 bits per heavy atom. The van der Waals surface area contributed by atoms with Gasteiger partial charge in [-0.3, -0.25) is 9.79 Å². The van der Waals surface area contributed by atoms with Gasteiger partial charge in [0.1, 0.15) is 0 Å². The van der Waals surface area contributed by atoms with Crippen molar-refractivity contribution in [1.29, 1.82) is 0 Å². The van der Waals surface area contributed by atoms with Crippen molar-refractivity contribution in [2.24, 2.45) is 4.99 Å². The van der Waals surface area contributed by atoms with Crippen LogP contribution >= 0.6 is 11.8 Å². The highest BCUT2D eigenvalue weighted by atomic mass is 32.2. The molecule has 7 nitrogen and oxygen atoms in total. The summed E-state index contributed by atoms with van der Waals surface area (Å²) in [5.41, 5.74) is 5.19. The van der Waals surface area contributed by atoms with Crippen LogP contribution in [-0.4, -0.2) is 73.4 Å². The van der Waals surface area contributed by atoms with Gasteiger partial charge in [-0.2, -0.15) is 0 Å². The van der Waals surface area contributed by atoms with Crippen molar-refractivity contribution < 1.29 is 13.2 Å². The molecule has 2 fully saturated rings. The normalized spacial score (nSPS) is 23.9. The Labute approximate surface area is 199 Å². The zero-order valence-corrected chi connectivity index (χ0v) is 20.5. The summed E-state index contributed by atoms with van der Waals surface area (Å²) in [6.45, 7) is 7.23. The van der Waals surface area contributed by atoms with Crippen LogP contribution in [0.5, 0.6) is 0 Å². The molecule has 2 atom stereocenters. The third kappa shape index (κ3) is 4.75. The molecule has 0 saturated carbocycles. The van der Waals surface area contributed by atoms with E-state index in [1.54, 1.807) is 0 Å². The molecule has 3 aliphatic heterocycles. The molecule has 174 valence electrons. The van der Waals surface area contributed by atoms with Crippen LogP contribution < -0.4 is 10.2 Å². The number of aryl methyl sites for hydroxylation is 2. The van der Waals surface area contributed by atoms with Gasteiger partial charge < -0.3 is 15.1 Å². The third-order valence-electron chi connectivity index (χ3n) is 6.45. The number of benzene rings is 2. The van der Waals surface area contributed by atoms with Crippen molar-refractivity contribution in [2.45, 2.75) is 25.1 Å². The third-order valence-corrected chi connectivity index (χ3v) is 9.59. The predicted octanol–water partition coefficient (Wildman–Crippen LogP) is 2.95. The van der Waals surface area contributed by atoms with E-state index in [0.717, 1.165) is 23.9 Å². The number of carbonyl (C=O) groups excluding carboxylic acids is 1. The number of anilines is 2. The lowest BCUT2D eigenvalue weighted by Crippen LogP contribution is -2.49. The number of aliphatic imine (C=N–C) groups is 1. The second kappa shape index (κ2) is 8.68. The molecule has 5 rings (SSSR count). The first kappa shape index (κ1) is 22.3. The van der Waals surface area contributed by atoms with Crippen molar-refractivity contribution in [3.63, 3.8) is 0 Å². The maximum atomic E-state index is 13.2. The second-order valence-corrected chi connectivity index (χ2v) is 12.4. The molecular formula is C24H28N4O3S2. The number of thioether (sulfide) groups is 1. The van der Waals surface area contributed by atoms with E-state index in [-0.39, 0.29) is 28.7 Å². The van der Waals surface area contributed by atoms with Gasteiger partial charge in [0.25, 0.3) is 5.91 Å². The number of rotatable bonds is 3. The molecule has 2 aromatic rings. The summed E-state index contributed by atoms with van der Waals surface area (Å²) in [7, 11) is -2.97. The van der Waals surface area contributed by atoms with E-state index in [4.69, 9.17) is 0 Å². The predicted molar refractivity (Wildman–Crippen MR) is 135 cm³/mol. The number of amides is 1. The van der Waals surface area contributed by atoms with Gasteiger partial charge in [0.05, 0.1) is 17.5 Å². The van der Waals surface area contributed by atoms with Gasteiger partial charge in [-0.1, -0.05) is 30.0 Å². The molecule has 2 saturated heterocycles. The lowest BCUT2D eigenvalue weighted by atomic mass is 10.1. The fourth-order valence-corrected chi connectivity index (χ4v) is 8.34. The summed E-state index contributed by atoms with van der Waals surface area (Å²) in [6, 6.07) is 13.8. The molecular weight excluding hydrogens is 456 g/mol. The second-order valence-electron chi connectivity index (χ2n) is 9.01. The number of hydrogen-bond acceptors (Lipinski definition) is 7. The zero-order valence-electron chi connectivity index (χ0n) is 18.8. The van der Waals surface area contributed by atoms with E-state index < -0.39 is 9.84 Å². The molecule has 3 aliphatic rings. The van der Waals surface area contributed by atoms with Crippen LogP contribution in [0, 0.1) is 13.8 Å². The summed E-state index contributed by atoms with van der Waals surface area (Å²) in [6.07, 6.45) is 0. The van der Waals surface area contributed by atoms with Crippen LogP contribution in [-0.2, 0) is 9.84 Å². The van der Waals surface area contributed by atoms with E-state index in [1.807, 2.05) is 29.2 Å². The minimum atomic E-state index is -2.97. The van der Waals surface area contributed by atoms with Crippen LogP contribution in [0.2, 0.25) is 0 Å². The number of amidine groups is 1. The average molecular weight is 485 g/mol. The number of piperazine rings is 1. The monoisotopic (exact) mass is 484 g/mol. The minimum absolute atomic E-state index is 0.00403. The Hall–Kier alpha value is -2.52. The first-order valence-corrected chi connectivity index (χ1v) is 13.9. The van der Waals surface area contributed by atoms with Gasteiger partial charge in [-0.15, -0.1) is 0 Å². The van der Waals surface area contributed by atoms with Gasteiger partial charge in [0.2, 0.25) is 0 Å². The Balaban J connectivity index is 1.22. The summed E-state index contributed by atoms with van der Waals surface area (Å²) in [5, 5.41) is 4.00. The SMILES string of the molecule is Cc1ccc(C)c(N2CCN(C(=O)c3cccc(NC4=N[C@H]5CS(=O)(=O)C[C@H]5S4)c3)CC2)c1. The number of sulfone groups is 1. The van der Waals surface area contributed by atoms with Crippen molar-refractivity contribution in [1.82, 2.24) is 4.90 Å². The van der Waals surface area contributed by atoms with Gasteiger partial charge in [0.15, 0.2) is 15.0 Å². The number of carbonyl (C=O) groups is 1. The molecule has 0 unspecified atom stereocenters. The maximum Gasteiger partial charge on any atom is 0.254 e. The molecule has 0 aromatic heterocycles. The van der Waals surface area contributed by atoms with E-state index in [0.29, 0.717) is 18.7 Å². The smallest absolute Gasteiger partial charge is 0.254 e. The summed E-state index contributed by atoms with van der Waals surface area (Å²) in [4.78, 5) is 22.0. The zero-order chi connectivity index (χ0) is 23.2. The van der Waals surface area contributed by atoms with Crippen molar-refractivity contribution in [3.05, 3.63) is 59.2 Å². The highest BCUT2D eigenvalue weighted by Gasteiger charge is 2.42. The Morgan fingerprint density at radius 1 is 1.06 bits per heavy atom. The van der Waals surface area contributed by atoms with Gasteiger partial charge in [-0.25, -0.2) is 8.42 Å². The fourth-order valence-electron chi connectivity index (χ4n) is 4.66. The average Bonchev–Trinajstić information content (AvgIpc) is 3.27. The highest BCUT2D eigenvalue weighted by molar-refractivity contribution is 8.15. The van der Waals surface area contributed by atoms with Crippen molar-refractivity contribution in [3.8, 4) is 0 Å². The topological polar surface area (TPSA) is 82.1 Å². The Morgan fingerprint density at radius 2 is 1.85 bits per heavy atom. The molecule has 1 N–H and O–H groups in total. The Bertz CT molecular complexity index is 1220. The maximum absolute atomic E-state index is 13.2. The molecule has 1 amide bonds. The fraction of sp³-hybridized carbons (Fsp3) is 0.417. The number of hydrogen-bond donors (Lipinski definition) is 1. The Kier molecular flexibility index (Phi) is 5.86. The van der Waals surface area contributed by atoms with Crippen LogP contribution in [0.3, 0.4) is 0 Å². The highest BCUT2D eigenvalue weighted by Crippen LogP contribution is 2.34. The lowest BCUT2D eigenvalue weighted by molar-refractivity contribution is 0.0747. The molecule has 0 spiro atoms. The van der Waals surface area contributed by atoms with Crippen LogP contribution in [0.15, 0.2) is 47.5 Å². The summed E-state index contributed by atoms with van der Waals surface area (Å²) in [5.74, 6) is 0.342. The standard InChI is InChI=1S/C24H28N4O3S2/c1-16-6-7-17(2)21(12-16)27-8-10-28(11-9-27)23(29)18-4-3-5-19(13-18)25-24-26-20-14-33(30,31)15-22(20)32-24/h3-7,12-13,20,22H,8-11,14-15H2,1-2H3,(H,25,26)/t20-,22+/m0/s1. The summed E-state index contributed by atoms with van der Waals surface area (Å²) >= 11 is 1.48. The van der Waals surface area contributed by atoms with Gasteiger partial charge >= 0.3 is 0 Å². The van der Waals surface area contributed by atoms with E-state index in [1.165, 1.54) is 28.6 Å². The summed E-state index contributed by atoms with van der Waals surface area (Å²) < 4.78 is 23.5. The largest absolute Gasteiger partial charge is 0.368 e. The minimum Gasteiger partial charge on any atom is -0.368 e. The first-order valence-electron chi connectivity index (χ1n) is 11.2. The van der Waals surface area contributed by atoms with E-state index >= 15 is 0 Å². The van der Waals surface area contributed by atoms with E-state index in [2.05, 4.69) is 47.3 Å². The van der Waals surface area contributed by atoms with Crippen LogP contribution in [0.4, 0.5) is 11.4 Å². The van der Waals surface area contributed by atoms with Crippen molar-refractivity contribution in [2.75, 3.05) is 47.9 Å². The van der Waals surface area contributed by atoms with Crippen LogP contribution in [0.1, 0.15) is 21.5 Å². The van der Waals surface area contributed by atoms with Gasteiger partial charge in [0, 0.05) is 48.4 Å².